The number of thioether (sulfide) groups is 1. The average Bonchev–Trinajstić information content (AvgIpc) is 3.40. The van der Waals surface area contributed by atoms with Gasteiger partial charge in [0.25, 0.3) is 0 Å². The first-order valence-electron chi connectivity index (χ1n) is 11.8. The average molecular weight is 581 g/mol. The smallest absolute Gasteiger partial charge is 0.380 e. The summed E-state index contributed by atoms with van der Waals surface area (Å²) in [6.07, 6.45) is 1.28. The van der Waals surface area contributed by atoms with Crippen LogP contribution in [0.25, 0.3) is 31.5 Å². The molecule has 0 saturated heterocycles. The summed E-state index contributed by atoms with van der Waals surface area (Å²) in [5, 5.41) is -0.328. The zero-order valence-corrected chi connectivity index (χ0v) is 22.4. The predicted octanol–water partition coefficient (Wildman–Crippen LogP) is 9.38. The summed E-state index contributed by atoms with van der Waals surface area (Å²) in [5.74, 6) is -15.8. The maximum Gasteiger partial charge on any atom is 0.380 e. The number of methoxy groups -OCH3 is 2. The van der Waals surface area contributed by atoms with Crippen molar-refractivity contribution in [3.63, 3.8) is 0 Å². The van der Waals surface area contributed by atoms with Crippen LogP contribution >= 0.6 is 23.1 Å². The van der Waals surface area contributed by atoms with Crippen LogP contribution < -0.4 is 0 Å². The van der Waals surface area contributed by atoms with Gasteiger partial charge in [0.05, 0.1) is 12.5 Å². The molecule has 0 atom stereocenters. The van der Waals surface area contributed by atoms with Gasteiger partial charge < -0.3 is 9.47 Å². The van der Waals surface area contributed by atoms with Crippen molar-refractivity contribution in [3.8, 4) is 10.4 Å². The number of ether oxygens (including phenoxy) is 2. The SMILES string of the molecule is COCS/C(=C\c1c2c(c3cc(-c4ccccc4)sc3c1COC)C(F)(F)C(F)(F)C2(F)F)c1ccccc1. The van der Waals surface area contributed by atoms with Crippen LogP contribution in [0.15, 0.2) is 66.7 Å². The third-order valence-corrected chi connectivity index (χ3v) is 8.81. The zero-order valence-electron chi connectivity index (χ0n) is 20.7. The van der Waals surface area contributed by atoms with E-state index in [0.29, 0.717) is 20.9 Å². The van der Waals surface area contributed by atoms with Crippen molar-refractivity contribution >= 4 is 44.2 Å². The van der Waals surface area contributed by atoms with Crippen LogP contribution in [0.3, 0.4) is 0 Å². The second kappa shape index (κ2) is 10.3. The molecule has 4 aromatic rings. The number of hydrogen-bond donors (Lipinski definition) is 0. The van der Waals surface area contributed by atoms with Crippen molar-refractivity contribution in [1.82, 2.24) is 0 Å². The molecule has 5 rings (SSSR count). The molecule has 0 saturated carbocycles. The highest BCUT2D eigenvalue weighted by atomic mass is 32.2. The standard InChI is InChI=1S/C29H22F6O2S2/c1-36-15-21-19(13-22(38-16-37-2)17-9-5-3-6-10-17)24-25(28(32,33)29(34,35)27(24,30)31)20-14-23(39-26(20)21)18-11-7-4-8-12-18/h3-14H,15-16H2,1-2H3/b22-13-. The summed E-state index contributed by atoms with van der Waals surface area (Å²) >= 11 is 2.21. The highest BCUT2D eigenvalue weighted by Gasteiger charge is 2.80. The lowest BCUT2D eigenvalue weighted by Crippen LogP contribution is -2.43. The normalized spacial score (nSPS) is 17.5. The van der Waals surface area contributed by atoms with Crippen molar-refractivity contribution in [3.05, 3.63) is 94.5 Å². The first-order valence-corrected chi connectivity index (χ1v) is 13.6. The van der Waals surface area contributed by atoms with E-state index in [4.69, 9.17) is 9.47 Å². The van der Waals surface area contributed by atoms with E-state index < -0.39 is 34.5 Å². The molecule has 1 heterocycles. The Kier molecular flexibility index (Phi) is 7.34. The minimum absolute atomic E-state index is 0.116. The van der Waals surface area contributed by atoms with Gasteiger partial charge in [0.1, 0.15) is 0 Å². The molecule has 0 aliphatic heterocycles. The third-order valence-electron chi connectivity index (χ3n) is 6.55. The van der Waals surface area contributed by atoms with Crippen LogP contribution in [0, 0.1) is 0 Å². The molecule has 0 bridgehead atoms. The van der Waals surface area contributed by atoms with E-state index in [1.54, 1.807) is 60.7 Å². The van der Waals surface area contributed by atoms with Crippen LogP contribution in [0.1, 0.15) is 27.8 Å². The lowest BCUT2D eigenvalue weighted by Gasteiger charge is -2.24. The second-order valence-electron chi connectivity index (χ2n) is 8.94. The Hall–Kier alpha value is -2.79. The van der Waals surface area contributed by atoms with E-state index in [1.165, 1.54) is 26.4 Å². The summed E-state index contributed by atoms with van der Waals surface area (Å²) in [6, 6.07) is 18.6. The quantitative estimate of drug-likeness (QED) is 0.118. The molecule has 39 heavy (non-hydrogen) atoms. The first-order chi connectivity index (χ1) is 18.6. The number of hydrogen-bond acceptors (Lipinski definition) is 4. The van der Waals surface area contributed by atoms with Crippen LogP contribution in [0.4, 0.5) is 26.3 Å². The molecule has 2 nitrogen and oxygen atoms in total. The van der Waals surface area contributed by atoms with E-state index in [-0.39, 0.29) is 28.2 Å². The molecule has 0 spiro atoms. The molecule has 3 aromatic carbocycles. The molecule has 1 aliphatic carbocycles. The molecular weight excluding hydrogens is 558 g/mol. The Balaban J connectivity index is 1.92. The van der Waals surface area contributed by atoms with Crippen molar-refractivity contribution in [2.75, 3.05) is 20.2 Å². The van der Waals surface area contributed by atoms with Gasteiger partial charge in [0.2, 0.25) is 0 Å². The molecule has 0 unspecified atom stereocenters. The summed E-state index contributed by atoms with van der Waals surface area (Å²) in [7, 11) is 2.78. The van der Waals surface area contributed by atoms with Gasteiger partial charge in [0, 0.05) is 50.8 Å². The summed E-state index contributed by atoms with van der Waals surface area (Å²) in [6.45, 7) is -0.255. The summed E-state index contributed by atoms with van der Waals surface area (Å²) in [5.41, 5.74) is -1.74. The Morgan fingerprint density at radius 3 is 2.08 bits per heavy atom. The van der Waals surface area contributed by atoms with Gasteiger partial charge in [-0.3, -0.25) is 0 Å². The zero-order chi connectivity index (χ0) is 28.0. The summed E-state index contributed by atoms with van der Waals surface area (Å²) < 4.78 is 102. The number of thiophene rings is 1. The fraction of sp³-hybridized carbons (Fsp3) is 0.241. The second-order valence-corrected chi connectivity index (χ2v) is 11.0. The van der Waals surface area contributed by atoms with Gasteiger partial charge in [-0.05, 0) is 28.8 Å². The molecule has 0 amide bonds. The Labute approximate surface area is 229 Å². The monoisotopic (exact) mass is 580 g/mol. The lowest BCUT2D eigenvalue weighted by atomic mass is 9.92. The Bertz CT molecular complexity index is 1530. The van der Waals surface area contributed by atoms with E-state index >= 15 is 17.6 Å². The van der Waals surface area contributed by atoms with E-state index in [9.17, 15) is 8.78 Å². The number of rotatable bonds is 8. The number of alkyl halides is 6. The first kappa shape index (κ1) is 27.8. The van der Waals surface area contributed by atoms with E-state index in [0.717, 1.165) is 23.1 Å². The molecule has 10 heteroatoms. The number of benzene rings is 3. The van der Waals surface area contributed by atoms with Crippen molar-refractivity contribution in [1.29, 1.82) is 0 Å². The minimum Gasteiger partial charge on any atom is -0.380 e. The van der Waals surface area contributed by atoms with Gasteiger partial charge in [-0.2, -0.15) is 26.3 Å². The molecule has 1 aliphatic rings. The predicted molar refractivity (Wildman–Crippen MR) is 144 cm³/mol. The van der Waals surface area contributed by atoms with Gasteiger partial charge in [-0.1, -0.05) is 72.4 Å². The van der Waals surface area contributed by atoms with E-state index in [2.05, 4.69) is 0 Å². The molecule has 1 aromatic heterocycles. The van der Waals surface area contributed by atoms with Crippen LogP contribution in [0.5, 0.6) is 0 Å². The topological polar surface area (TPSA) is 18.5 Å². The Morgan fingerprint density at radius 1 is 0.846 bits per heavy atom. The molecular formula is C29H22F6O2S2. The van der Waals surface area contributed by atoms with Crippen LogP contribution in [-0.2, 0) is 27.9 Å². The van der Waals surface area contributed by atoms with Crippen molar-refractivity contribution < 1.29 is 35.8 Å². The molecule has 0 N–H and O–H groups in total. The van der Waals surface area contributed by atoms with Crippen LogP contribution in [-0.4, -0.2) is 26.1 Å². The lowest BCUT2D eigenvalue weighted by molar-refractivity contribution is -0.302. The van der Waals surface area contributed by atoms with Gasteiger partial charge in [-0.25, -0.2) is 0 Å². The number of halogens is 6. The maximum absolute atomic E-state index is 15.5. The highest BCUT2D eigenvalue weighted by Crippen LogP contribution is 2.66. The van der Waals surface area contributed by atoms with Crippen LogP contribution in [0.2, 0.25) is 0 Å². The van der Waals surface area contributed by atoms with Gasteiger partial charge in [-0.15, -0.1) is 11.3 Å². The number of fused-ring (bicyclic) bond motifs is 3. The fourth-order valence-corrected chi connectivity index (χ4v) is 6.73. The maximum atomic E-state index is 15.5. The fourth-order valence-electron chi connectivity index (χ4n) is 4.76. The van der Waals surface area contributed by atoms with Crippen molar-refractivity contribution in [2.24, 2.45) is 0 Å². The van der Waals surface area contributed by atoms with Gasteiger partial charge >= 0.3 is 17.8 Å². The van der Waals surface area contributed by atoms with E-state index in [1.807, 2.05) is 0 Å². The molecule has 204 valence electrons. The highest BCUT2D eigenvalue weighted by molar-refractivity contribution is 8.08. The molecule has 0 radical (unpaired) electrons. The minimum atomic E-state index is -5.63. The van der Waals surface area contributed by atoms with Crippen molar-refractivity contribution in [2.45, 2.75) is 24.4 Å². The largest absolute Gasteiger partial charge is 0.380 e. The molecule has 0 fully saturated rings. The summed E-state index contributed by atoms with van der Waals surface area (Å²) in [4.78, 5) is 0.878. The van der Waals surface area contributed by atoms with Gasteiger partial charge in [0.15, 0.2) is 0 Å². The Morgan fingerprint density at radius 2 is 1.46 bits per heavy atom. The third kappa shape index (κ3) is 4.38.